The largest absolute Gasteiger partial charge is 1.00 e. The zero-order valence-electron chi connectivity index (χ0n) is 25.9. The predicted molar refractivity (Wildman–Crippen MR) is 169 cm³/mol. The fourth-order valence-corrected chi connectivity index (χ4v) is 14.2. The summed E-state index contributed by atoms with van der Waals surface area (Å²) in [5.74, 6) is 0. The van der Waals surface area contributed by atoms with Crippen molar-refractivity contribution in [1.82, 2.24) is 0 Å². The van der Waals surface area contributed by atoms with Crippen molar-refractivity contribution >= 4 is 24.8 Å². The first-order valence-corrected chi connectivity index (χ1v) is 20.4. The van der Waals surface area contributed by atoms with Crippen LogP contribution in [0.4, 0.5) is 0 Å². The van der Waals surface area contributed by atoms with Gasteiger partial charge in [0.2, 0.25) is 0 Å². The zero-order valence-corrected chi connectivity index (χ0v) is 31.0. The Labute approximate surface area is 273 Å². The molecule has 4 heteroatoms. The van der Waals surface area contributed by atoms with Gasteiger partial charge in [0.15, 0.2) is 0 Å². The molecule has 0 fully saturated rings. The second kappa shape index (κ2) is 11.6. The number of hydrogen-bond donors (Lipinski definition) is 0. The SMILES string of the molecule is CC1=C([SiH](C)C)c2c(ccc3ccccc23)[CH]1[Zr+2][CH]1c2cc(C(C)(C)C)ccc2-c2ccc(C(C)(C)C)cc21.[Cl-].[Cl-]. The molecule has 6 rings (SSSR count). The molecule has 0 radical (unpaired) electrons. The molecule has 0 aliphatic heterocycles. The van der Waals surface area contributed by atoms with Gasteiger partial charge in [-0.1, -0.05) is 0 Å². The van der Waals surface area contributed by atoms with Crippen molar-refractivity contribution in [3.05, 3.63) is 112 Å². The second-order valence-corrected chi connectivity index (χ2v) is 20.7. The third kappa shape index (κ3) is 5.53. The van der Waals surface area contributed by atoms with Gasteiger partial charge in [0.05, 0.1) is 0 Å². The number of hydrogen-bond acceptors (Lipinski definition) is 0. The molecule has 212 valence electrons. The number of fused-ring (bicyclic) bond motifs is 6. The Morgan fingerprint density at radius 1 is 0.634 bits per heavy atom. The summed E-state index contributed by atoms with van der Waals surface area (Å²) in [4.78, 5) is 0. The summed E-state index contributed by atoms with van der Waals surface area (Å²) in [5, 5.41) is 4.62. The van der Waals surface area contributed by atoms with E-state index in [9.17, 15) is 0 Å². The second-order valence-electron chi connectivity index (χ2n) is 14.1. The van der Waals surface area contributed by atoms with Crippen LogP contribution in [-0.4, -0.2) is 8.80 Å². The summed E-state index contributed by atoms with van der Waals surface area (Å²) < 4.78 is 1.22. The van der Waals surface area contributed by atoms with Crippen LogP contribution >= 0.6 is 0 Å². The molecule has 0 bridgehead atoms. The van der Waals surface area contributed by atoms with Gasteiger partial charge in [0.1, 0.15) is 0 Å². The van der Waals surface area contributed by atoms with Crippen molar-refractivity contribution < 1.29 is 48.0 Å². The van der Waals surface area contributed by atoms with E-state index in [0.29, 0.717) is 7.25 Å². The van der Waals surface area contributed by atoms with Gasteiger partial charge < -0.3 is 24.8 Å². The molecular weight excluding hydrogens is 635 g/mol. The van der Waals surface area contributed by atoms with E-state index in [4.69, 9.17) is 0 Å². The van der Waals surface area contributed by atoms with Crippen molar-refractivity contribution in [3.63, 3.8) is 0 Å². The van der Waals surface area contributed by atoms with Crippen LogP contribution in [0.2, 0.25) is 13.1 Å². The Bertz CT molecular complexity index is 1590. The van der Waals surface area contributed by atoms with Crippen LogP contribution in [-0.2, 0) is 34.1 Å². The maximum atomic E-state index is 2.59. The predicted octanol–water partition coefficient (Wildman–Crippen LogP) is 4.15. The van der Waals surface area contributed by atoms with Crippen LogP contribution in [0.5, 0.6) is 0 Å². The maximum absolute atomic E-state index is 2.59. The molecule has 0 heterocycles. The van der Waals surface area contributed by atoms with Gasteiger partial charge >= 0.3 is 251 Å². The number of rotatable bonds is 3. The molecule has 2 aliphatic carbocycles. The first-order chi connectivity index (χ1) is 18.4. The quantitative estimate of drug-likeness (QED) is 0.287. The normalized spacial score (nSPS) is 16.2. The Balaban J connectivity index is 0.00000194. The molecule has 0 saturated heterocycles. The summed E-state index contributed by atoms with van der Waals surface area (Å²) in [6, 6.07) is 28.8. The minimum absolute atomic E-state index is 0. The molecule has 0 nitrogen and oxygen atoms in total. The molecule has 2 aliphatic rings. The standard InChI is InChI=1S/C21H25.C16H17Si.2ClH.Zr/c1-20(2,3)16-7-9-18-14(12-16)11-15-13-17(21(4,5)6)8-10-19(15)18;1-11-10-13-9-8-12-6-4-5-7-14(12)15(13)16(11)17(2)3;;;/h7-13H,1-6H3;4-10,17H,1-3H3;2*1H;/q;;;;+2/p-2. The minimum atomic E-state index is -1.00. The van der Waals surface area contributed by atoms with E-state index in [-0.39, 0.29) is 35.6 Å². The van der Waals surface area contributed by atoms with Crippen molar-refractivity contribution in [1.29, 1.82) is 0 Å². The number of halogens is 2. The number of benzene rings is 4. The first-order valence-electron chi connectivity index (χ1n) is 14.6. The smallest absolute Gasteiger partial charge is 1.00 e. The zero-order chi connectivity index (χ0) is 27.9. The molecule has 4 aromatic carbocycles. The van der Waals surface area contributed by atoms with E-state index in [1.165, 1.54) is 33.0 Å². The Morgan fingerprint density at radius 3 is 1.68 bits per heavy atom. The summed E-state index contributed by atoms with van der Waals surface area (Å²) in [6.45, 7) is 21.7. The van der Waals surface area contributed by atoms with Crippen molar-refractivity contribution in [2.24, 2.45) is 0 Å². The van der Waals surface area contributed by atoms with Crippen LogP contribution in [0.15, 0.2) is 78.4 Å². The van der Waals surface area contributed by atoms with Gasteiger partial charge in [-0.25, -0.2) is 0 Å². The fraction of sp³-hybridized carbons (Fsp3) is 0.351. The van der Waals surface area contributed by atoms with Gasteiger partial charge in [-0.2, -0.15) is 0 Å². The van der Waals surface area contributed by atoms with E-state index in [0.717, 1.165) is 0 Å². The van der Waals surface area contributed by atoms with Gasteiger partial charge in [-0.15, -0.1) is 0 Å². The van der Waals surface area contributed by atoms with Crippen LogP contribution in [0.1, 0.15) is 89.1 Å². The van der Waals surface area contributed by atoms with E-state index in [1.54, 1.807) is 33.0 Å². The molecular formula is C37H42Cl2SiZr. The topological polar surface area (TPSA) is 0 Å². The summed E-state index contributed by atoms with van der Waals surface area (Å²) >= 11 is -0.984. The van der Waals surface area contributed by atoms with E-state index >= 15 is 0 Å². The third-order valence-corrected chi connectivity index (χ3v) is 16.0. The first kappa shape index (κ1) is 32.5. The van der Waals surface area contributed by atoms with Crippen LogP contribution in [0, 0.1) is 0 Å². The third-order valence-electron chi connectivity index (χ3n) is 9.06. The molecule has 1 unspecified atom stereocenters. The Kier molecular flexibility index (Phi) is 9.17. The molecule has 0 N–H and O–H groups in total. The van der Waals surface area contributed by atoms with Crippen LogP contribution in [0.3, 0.4) is 0 Å². The van der Waals surface area contributed by atoms with E-state index in [2.05, 4.69) is 134 Å². The van der Waals surface area contributed by atoms with Crippen molar-refractivity contribution in [2.75, 3.05) is 0 Å². The van der Waals surface area contributed by atoms with E-state index in [1.807, 2.05) is 0 Å². The van der Waals surface area contributed by atoms with Crippen LogP contribution in [0.25, 0.3) is 27.1 Å². The van der Waals surface area contributed by atoms with Crippen molar-refractivity contribution in [3.8, 4) is 11.1 Å². The number of allylic oxidation sites excluding steroid dienone is 1. The van der Waals surface area contributed by atoms with Gasteiger partial charge in [-0.3, -0.25) is 0 Å². The molecule has 0 saturated carbocycles. The van der Waals surface area contributed by atoms with Crippen molar-refractivity contribution in [2.45, 2.75) is 79.6 Å². The average molecular weight is 677 g/mol. The van der Waals surface area contributed by atoms with E-state index < -0.39 is 32.0 Å². The molecule has 41 heavy (non-hydrogen) atoms. The Morgan fingerprint density at radius 2 is 1.17 bits per heavy atom. The minimum Gasteiger partial charge on any atom is -1.00 e. The monoisotopic (exact) mass is 674 g/mol. The Hall–Kier alpha value is -1.44. The summed E-state index contributed by atoms with van der Waals surface area (Å²) in [6.07, 6.45) is 0. The fourth-order valence-electron chi connectivity index (χ4n) is 6.91. The summed E-state index contributed by atoms with van der Waals surface area (Å²) in [5.41, 5.74) is 14.4. The molecule has 0 spiro atoms. The van der Waals surface area contributed by atoms with Crippen LogP contribution < -0.4 is 24.8 Å². The maximum Gasteiger partial charge on any atom is -1.00 e. The van der Waals surface area contributed by atoms with Gasteiger partial charge in [-0.05, 0) is 0 Å². The molecule has 4 aromatic rings. The van der Waals surface area contributed by atoms with Gasteiger partial charge in [0.25, 0.3) is 0 Å². The van der Waals surface area contributed by atoms with Gasteiger partial charge in [0, 0.05) is 0 Å². The molecule has 1 atom stereocenters. The average Bonchev–Trinajstić information content (AvgIpc) is 3.34. The molecule has 0 aromatic heterocycles. The summed E-state index contributed by atoms with van der Waals surface area (Å²) in [7, 11) is -1.00. The molecule has 0 amide bonds.